The van der Waals surface area contributed by atoms with Gasteiger partial charge < -0.3 is 20.1 Å². The van der Waals surface area contributed by atoms with E-state index in [1.807, 2.05) is 19.1 Å². The van der Waals surface area contributed by atoms with E-state index in [2.05, 4.69) is 37.8 Å². The lowest BCUT2D eigenvalue weighted by Gasteiger charge is -2.20. The maximum absolute atomic E-state index is 12.0. The summed E-state index contributed by atoms with van der Waals surface area (Å²) in [6.45, 7) is 6.14. The van der Waals surface area contributed by atoms with Gasteiger partial charge >= 0.3 is 6.03 Å². The first-order chi connectivity index (χ1) is 11.6. The van der Waals surface area contributed by atoms with Crippen molar-refractivity contribution in [3.8, 4) is 0 Å². The first-order valence-corrected chi connectivity index (χ1v) is 8.30. The SMILES string of the molecule is Cc1nc(CNC(=O)N[C@@H](C)c2cccc(N3CCCC3)c2)no1. The van der Waals surface area contributed by atoms with Crippen molar-refractivity contribution >= 4 is 11.7 Å². The Hall–Kier alpha value is -2.57. The number of nitrogens with zero attached hydrogens (tertiary/aromatic N) is 3. The summed E-state index contributed by atoms with van der Waals surface area (Å²) in [4.78, 5) is 18.5. The van der Waals surface area contributed by atoms with Gasteiger partial charge in [-0.2, -0.15) is 4.98 Å². The minimum atomic E-state index is -0.253. The van der Waals surface area contributed by atoms with Crippen LogP contribution in [0.2, 0.25) is 0 Å². The molecular formula is C17H23N5O2. The summed E-state index contributed by atoms with van der Waals surface area (Å²) in [5, 5.41) is 9.42. The second-order valence-electron chi connectivity index (χ2n) is 6.07. The number of carbonyl (C=O) groups is 1. The van der Waals surface area contributed by atoms with E-state index < -0.39 is 0 Å². The number of nitrogens with one attached hydrogen (secondary N) is 2. The number of anilines is 1. The standard InChI is InChI=1S/C17H23N5O2/c1-12(19-17(23)18-11-16-20-13(2)24-21-16)14-6-5-7-15(10-14)22-8-3-4-9-22/h5-7,10,12H,3-4,8-9,11H2,1-2H3,(H2,18,19,23)/t12-/m0/s1. The van der Waals surface area contributed by atoms with Crippen molar-refractivity contribution in [1.82, 2.24) is 20.8 Å². The van der Waals surface area contributed by atoms with Gasteiger partial charge in [-0.05, 0) is 37.5 Å². The highest BCUT2D eigenvalue weighted by Crippen LogP contribution is 2.23. The topological polar surface area (TPSA) is 83.3 Å². The van der Waals surface area contributed by atoms with Gasteiger partial charge in [-0.1, -0.05) is 17.3 Å². The van der Waals surface area contributed by atoms with E-state index in [9.17, 15) is 4.79 Å². The lowest BCUT2D eigenvalue weighted by molar-refractivity contribution is 0.237. The molecule has 3 rings (SSSR count). The molecule has 0 saturated carbocycles. The number of hydrogen-bond donors (Lipinski definition) is 2. The largest absolute Gasteiger partial charge is 0.372 e. The fraction of sp³-hybridized carbons (Fsp3) is 0.471. The van der Waals surface area contributed by atoms with Gasteiger partial charge in [0.25, 0.3) is 0 Å². The highest BCUT2D eigenvalue weighted by atomic mass is 16.5. The van der Waals surface area contributed by atoms with Gasteiger partial charge in [0.15, 0.2) is 5.82 Å². The smallest absolute Gasteiger partial charge is 0.315 e. The predicted molar refractivity (Wildman–Crippen MR) is 90.7 cm³/mol. The molecule has 1 fully saturated rings. The normalized spacial score (nSPS) is 15.3. The monoisotopic (exact) mass is 329 g/mol. The average Bonchev–Trinajstić information content (AvgIpc) is 3.24. The van der Waals surface area contributed by atoms with Crippen molar-refractivity contribution in [3.63, 3.8) is 0 Å². The second-order valence-corrected chi connectivity index (χ2v) is 6.07. The highest BCUT2D eigenvalue weighted by molar-refractivity contribution is 5.74. The zero-order valence-corrected chi connectivity index (χ0v) is 14.1. The van der Waals surface area contributed by atoms with Crippen LogP contribution in [0.5, 0.6) is 0 Å². The molecule has 1 aliphatic heterocycles. The molecule has 0 bridgehead atoms. The zero-order valence-electron chi connectivity index (χ0n) is 14.1. The molecule has 0 unspecified atom stereocenters. The maximum atomic E-state index is 12.0. The molecule has 0 radical (unpaired) electrons. The first-order valence-electron chi connectivity index (χ1n) is 8.30. The van der Waals surface area contributed by atoms with Crippen molar-refractivity contribution < 1.29 is 9.32 Å². The summed E-state index contributed by atoms with van der Waals surface area (Å²) in [7, 11) is 0. The number of rotatable bonds is 5. The highest BCUT2D eigenvalue weighted by Gasteiger charge is 2.15. The molecule has 0 spiro atoms. The van der Waals surface area contributed by atoms with Crippen LogP contribution in [0.1, 0.15) is 43.1 Å². The number of aromatic nitrogens is 2. The van der Waals surface area contributed by atoms with Crippen molar-refractivity contribution in [2.24, 2.45) is 0 Å². The van der Waals surface area contributed by atoms with Gasteiger partial charge in [-0.15, -0.1) is 0 Å². The third-order valence-corrected chi connectivity index (χ3v) is 4.17. The molecule has 1 saturated heterocycles. The predicted octanol–water partition coefficient (Wildman–Crippen LogP) is 2.54. The number of benzene rings is 1. The van der Waals surface area contributed by atoms with Gasteiger partial charge in [-0.25, -0.2) is 4.79 Å². The Labute approximate surface area is 141 Å². The Morgan fingerprint density at radius 1 is 1.38 bits per heavy atom. The molecule has 1 atom stereocenters. The van der Waals surface area contributed by atoms with Crippen molar-refractivity contribution in [1.29, 1.82) is 0 Å². The Morgan fingerprint density at radius 3 is 2.88 bits per heavy atom. The van der Waals surface area contributed by atoms with Gasteiger partial charge in [0.1, 0.15) is 0 Å². The Morgan fingerprint density at radius 2 is 2.17 bits per heavy atom. The molecule has 1 aromatic carbocycles. The van der Waals surface area contributed by atoms with Crippen molar-refractivity contribution in [2.45, 2.75) is 39.3 Å². The van der Waals surface area contributed by atoms with Crippen molar-refractivity contribution in [3.05, 3.63) is 41.5 Å². The van der Waals surface area contributed by atoms with E-state index >= 15 is 0 Å². The van der Waals surface area contributed by atoms with Crippen LogP contribution in [0.15, 0.2) is 28.8 Å². The molecule has 2 amide bonds. The van der Waals surface area contributed by atoms with Crippen molar-refractivity contribution in [2.75, 3.05) is 18.0 Å². The number of carbonyl (C=O) groups excluding carboxylic acids is 1. The van der Waals surface area contributed by atoms with Gasteiger partial charge in [0.2, 0.25) is 5.89 Å². The second kappa shape index (κ2) is 7.33. The number of hydrogen-bond acceptors (Lipinski definition) is 5. The van der Waals surface area contributed by atoms with Crippen LogP contribution < -0.4 is 15.5 Å². The molecule has 128 valence electrons. The fourth-order valence-corrected chi connectivity index (χ4v) is 2.87. The molecule has 0 aliphatic carbocycles. The van der Waals surface area contributed by atoms with Crippen LogP contribution in [-0.2, 0) is 6.54 Å². The average molecular weight is 329 g/mol. The lowest BCUT2D eigenvalue weighted by Crippen LogP contribution is -2.36. The fourth-order valence-electron chi connectivity index (χ4n) is 2.87. The maximum Gasteiger partial charge on any atom is 0.315 e. The van der Waals surface area contributed by atoms with Gasteiger partial charge in [-0.3, -0.25) is 0 Å². The number of amides is 2. The summed E-state index contributed by atoms with van der Waals surface area (Å²) in [5.41, 5.74) is 2.31. The van der Waals surface area contributed by atoms with Gasteiger partial charge in [0, 0.05) is 25.7 Å². The quantitative estimate of drug-likeness (QED) is 0.881. The molecule has 2 N–H and O–H groups in total. The van der Waals surface area contributed by atoms with E-state index in [1.165, 1.54) is 18.5 Å². The molecule has 1 aliphatic rings. The van der Waals surface area contributed by atoms with E-state index in [1.54, 1.807) is 6.92 Å². The van der Waals surface area contributed by atoms with Crippen LogP contribution in [0, 0.1) is 6.92 Å². The zero-order chi connectivity index (χ0) is 16.9. The van der Waals surface area contributed by atoms with Crippen LogP contribution in [-0.4, -0.2) is 29.3 Å². The molecule has 1 aromatic heterocycles. The van der Waals surface area contributed by atoms with Crippen LogP contribution in [0.25, 0.3) is 0 Å². The molecule has 7 nitrogen and oxygen atoms in total. The summed E-state index contributed by atoms with van der Waals surface area (Å²) in [5.74, 6) is 0.950. The van der Waals surface area contributed by atoms with Crippen LogP contribution >= 0.6 is 0 Å². The molecule has 7 heteroatoms. The summed E-state index contributed by atoms with van der Waals surface area (Å²) >= 11 is 0. The van der Waals surface area contributed by atoms with Gasteiger partial charge in [0.05, 0.1) is 12.6 Å². The summed E-state index contributed by atoms with van der Waals surface area (Å²) < 4.78 is 4.87. The molecule has 2 aromatic rings. The van der Waals surface area contributed by atoms with Crippen LogP contribution in [0.4, 0.5) is 10.5 Å². The Kier molecular flexibility index (Phi) is 4.98. The molecule has 24 heavy (non-hydrogen) atoms. The van der Waals surface area contributed by atoms with E-state index in [0.29, 0.717) is 11.7 Å². The van der Waals surface area contributed by atoms with E-state index in [0.717, 1.165) is 18.7 Å². The first kappa shape index (κ1) is 16.3. The molecule has 2 heterocycles. The number of aryl methyl sites for hydroxylation is 1. The van der Waals surface area contributed by atoms with Crippen LogP contribution in [0.3, 0.4) is 0 Å². The lowest BCUT2D eigenvalue weighted by atomic mass is 10.1. The Bertz CT molecular complexity index is 694. The summed E-state index contributed by atoms with van der Waals surface area (Å²) in [6.07, 6.45) is 2.49. The third-order valence-electron chi connectivity index (χ3n) is 4.17. The third kappa shape index (κ3) is 4.04. The molecular weight excluding hydrogens is 306 g/mol. The van der Waals surface area contributed by atoms with E-state index in [-0.39, 0.29) is 18.6 Å². The minimum Gasteiger partial charge on any atom is -0.372 e. The number of urea groups is 1. The minimum absolute atomic E-state index is 0.0837. The van der Waals surface area contributed by atoms with E-state index in [4.69, 9.17) is 4.52 Å². The summed E-state index contributed by atoms with van der Waals surface area (Å²) in [6, 6.07) is 8.02. The Balaban J connectivity index is 1.54.